The number of hydrogen-bond donors (Lipinski definition) is 1. The first kappa shape index (κ1) is 16.7. The summed E-state index contributed by atoms with van der Waals surface area (Å²) < 4.78 is 4.79. The van der Waals surface area contributed by atoms with Gasteiger partial charge in [0, 0.05) is 17.8 Å². The van der Waals surface area contributed by atoms with Gasteiger partial charge in [-0.15, -0.1) is 0 Å². The van der Waals surface area contributed by atoms with E-state index in [1.54, 1.807) is 12.1 Å². The molecule has 2 rings (SSSR count). The molecule has 0 radical (unpaired) electrons. The fourth-order valence-electron chi connectivity index (χ4n) is 0.937. The van der Waals surface area contributed by atoms with Crippen LogP contribution in [0.2, 0.25) is 0 Å². The van der Waals surface area contributed by atoms with Crippen molar-refractivity contribution in [3.63, 3.8) is 0 Å². The molecular weight excluding hydrogens is 266 g/mol. The summed E-state index contributed by atoms with van der Waals surface area (Å²) >= 11 is 1.19. The van der Waals surface area contributed by atoms with Gasteiger partial charge in [0.25, 0.3) is 0 Å². The lowest BCUT2D eigenvalue weighted by atomic mass is 10.3. The van der Waals surface area contributed by atoms with Crippen LogP contribution in [0.15, 0.2) is 24.5 Å². The van der Waals surface area contributed by atoms with Crippen LogP contribution in [-0.2, 0) is 0 Å². The summed E-state index contributed by atoms with van der Waals surface area (Å²) in [4.78, 5) is 28.1. The standard InChI is InChI=1S/C7H7NO2.C4H4N2OS.CH4/c1-10-7-3-2-6(5-9)4-8-7;5-4-6-1-3(2-7)8-4;/h2-5H,1H3;1-2H,(H2,5,6);1H4. The third kappa shape index (κ3) is 5.73. The lowest BCUT2D eigenvalue weighted by molar-refractivity contribution is 0.111. The van der Waals surface area contributed by atoms with Gasteiger partial charge in [0.05, 0.1) is 18.2 Å². The normalized spacial score (nSPS) is 8.47. The summed E-state index contributed by atoms with van der Waals surface area (Å²) in [6.45, 7) is 0. The lowest BCUT2D eigenvalue weighted by Crippen LogP contribution is -1.87. The van der Waals surface area contributed by atoms with Crippen LogP contribution < -0.4 is 10.5 Å². The highest BCUT2D eigenvalue weighted by atomic mass is 32.1. The summed E-state index contributed by atoms with van der Waals surface area (Å²) in [6.07, 6.45) is 4.39. The molecule has 0 aliphatic rings. The number of carbonyl (C=O) groups is 2. The Bertz CT molecular complexity index is 511. The van der Waals surface area contributed by atoms with Crippen LogP contribution in [0.25, 0.3) is 0 Å². The summed E-state index contributed by atoms with van der Waals surface area (Å²) in [7, 11) is 1.53. The number of hydrogen-bond acceptors (Lipinski definition) is 7. The molecule has 2 aromatic rings. The zero-order chi connectivity index (χ0) is 13.4. The molecule has 0 bridgehead atoms. The number of aldehydes is 2. The van der Waals surface area contributed by atoms with E-state index in [0.717, 1.165) is 12.6 Å². The Kier molecular flexibility index (Phi) is 7.71. The Hall–Kier alpha value is -2.28. The Morgan fingerprint density at radius 2 is 1.95 bits per heavy atom. The number of pyridine rings is 1. The molecule has 0 atom stereocenters. The fraction of sp³-hybridized carbons (Fsp3) is 0.167. The molecule has 2 N–H and O–H groups in total. The molecule has 102 valence electrons. The molecule has 0 aliphatic carbocycles. The minimum atomic E-state index is 0. The van der Waals surface area contributed by atoms with Gasteiger partial charge in [-0.25, -0.2) is 9.97 Å². The van der Waals surface area contributed by atoms with Crippen molar-refractivity contribution in [3.8, 4) is 5.88 Å². The zero-order valence-electron chi connectivity index (χ0n) is 9.57. The smallest absolute Gasteiger partial charge is 0.212 e. The Labute approximate surface area is 115 Å². The molecule has 0 spiro atoms. The van der Waals surface area contributed by atoms with Crippen molar-refractivity contribution in [2.45, 2.75) is 7.43 Å². The van der Waals surface area contributed by atoms with Gasteiger partial charge in [0.15, 0.2) is 17.7 Å². The average Bonchev–Trinajstić information content (AvgIpc) is 2.85. The number of carbonyl (C=O) groups excluding carboxylic acids is 2. The molecule has 0 saturated carbocycles. The summed E-state index contributed by atoms with van der Waals surface area (Å²) in [6, 6.07) is 3.29. The van der Waals surface area contributed by atoms with E-state index < -0.39 is 0 Å². The number of aromatic nitrogens is 2. The first-order chi connectivity index (χ1) is 8.69. The molecule has 0 saturated heterocycles. The van der Waals surface area contributed by atoms with Gasteiger partial charge < -0.3 is 10.5 Å². The highest BCUT2D eigenvalue weighted by Gasteiger charge is 1.92. The number of nitrogen functional groups attached to an aromatic ring is 1. The molecule has 0 unspecified atom stereocenters. The lowest BCUT2D eigenvalue weighted by Gasteiger charge is -1.95. The molecular formula is C12H15N3O3S. The maximum Gasteiger partial charge on any atom is 0.212 e. The highest BCUT2D eigenvalue weighted by Crippen LogP contribution is 2.10. The maximum atomic E-state index is 10.1. The number of nitrogens with two attached hydrogens (primary N) is 1. The number of thiazole rings is 1. The van der Waals surface area contributed by atoms with Gasteiger partial charge in [0.1, 0.15) is 0 Å². The molecule has 2 heterocycles. The second-order valence-electron chi connectivity index (χ2n) is 2.97. The van der Waals surface area contributed by atoms with Gasteiger partial charge in [0.2, 0.25) is 5.88 Å². The van der Waals surface area contributed by atoms with Crippen LogP contribution in [0.5, 0.6) is 5.88 Å². The highest BCUT2D eigenvalue weighted by molar-refractivity contribution is 7.16. The first-order valence-electron chi connectivity index (χ1n) is 4.81. The minimum Gasteiger partial charge on any atom is -0.481 e. The van der Waals surface area contributed by atoms with Gasteiger partial charge >= 0.3 is 0 Å². The van der Waals surface area contributed by atoms with E-state index in [2.05, 4.69) is 9.97 Å². The van der Waals surface area contributed by atoms with Gasteiger partial charge in [-0.3, -0.25) is 9.59 Å². The van der Waals surface area contributed by atoms with Crippen molar-refractivity contribution in [3.05, 3.63) is 35.0 Å². The molecule has 2 aromatic heterocycles. The summed E-state index contributed by atoms with van der Waals surface area (Å²) in [5, 5.41) is 0.437. The topological polar surface area (TPSA) is 95.2 Å². The van der Waals surface area contributed by atoms with Crippen LogP contribution in [-0.4, -0.2) is 29.7 Å². The van der Waals surface area contributed by atoms with Crippen molar-refractivity contribution in [1.82, 2.24) is 9.97 Å². The third-order valence-electron chi connectivity index (χ3n) is 1.76. The number of methoxy groups -OCH3 is 1. The van der Waals surface area contributed by atoms with E-state index in [0.29, 0.717) is 21.5 Å². The fourth-order valence-corrected chi connectivity index (χ4v) is 1.44. The minimum absolute atomic E-state index is 0. The molecule has 7 heteroatoms. The van der Waals surface area contributed by atoms with E-state index in [4.69, 9.17) is 10.5 Å². The van der Waals surface area contributed by atoms with Crippen molar-refractivity contribution in [1.29, 1.82) is 0 Å². The van der Waals surface area contributed by atoms with Crippen molar-refractivity contribution >= 4 is 29.0 Å². The summed E-state index contributed by atoms with van der Waals surface area (Å²) in [5.74, 6) is 0.519. The van der Waals surface area contributed by atoms with Crippen LogP contribution in [0.4, 0.5) is 5.13 Å². The molecule has 0 aromatic carbocycles. The first-order valence-corrected chi connectivity index (χ1v) is 5.63. The zero-order valence-corrected chi connectivity index (χ0v) is 10.4. The van der Waals surface area contributed by atoms with Crippen LogP contribution >= 0.6 is 11.3 Å². The number of nitrogens with zero attached hydrogens (tertiary/aromatic N) is 2. The Balaban J connectivity index is 0.000000331. The van der Waals surface area contributed by atoms with Crippen molar-refractivity contribution in [2.24, 2.45) is 0 Å². The van der Waals surface area contributed by atoms with E-state index in [9.17, 15) is 9.59 Å². The quantitative estimate of drug-likeness (QED) is 0.865. The largest absolute Gasteiger partial charge is 0.481 e. The number of ether oxygens (including phenoxy) is 1. The van der Waals surface area contributed by atoms with E-state index in [1.165, 1.54) is 30.8 Å². The van der Waals surface area contributed by atoms with Gasteiger partial charge in [-0.05, 0) is 6.07 Å². The van der Waals surface area contributed by atoms with E-state index in [1.807, 2.05) is 0 Å². The Morgan fingerprint density at radius 3 is 2.26 bits per heavy atom. The van der Waals surface area contributed by atoms with Gasteiger partial charge in [-0.2, -0.15) is 0 Å². The monoisotopic (exact) mass is 281 g/mol. The van der Waals surface area contributed by atoms with Gasteiger partial charge in [-0.1, -0.05) is 18.8 Å². The van der Waals surface area contributed by atoms with Crippen molar-refractivity contribution < 1.29 is 14.3 Å². The SMILES string of the molecule is C.COc1ccc(C=O)cn1.Nc1ncc(C=O)s1. The second kappa shape index (κ2) is 8.76. The van der Waals surface area contributed by atoms with E-state index in [-0.39, 0.29) is 7.43 Å². The number of rotatable bonds is 3. The molecule has 6 nitrogen and oxygen atoms in total. The molecule has 0 aliphatic heterocycles. The molecule has 0 amide bonds. The van der Waals surface area contributed by atoms with Crippen LogP contribution in [0, 0.1) is 0 Å². The predicted octanol–water partition coefficient (Wildman–Crippen LogP) is 2.08. The predicted molar refractivity (Wildman–Crippen MR) is 74.8 cm³/mol. The van der Waals surface area contributed by atoms with E-state index >= 15 is 0 Å². The summed E-state index contributed by atoms with van der Waals surface area (Å²) in [5.41, 5.74) is 5.76. The van der Waals surface area contributed by atoms with Crippen LogP contribution in [0.3, 0.4) is 0 Å². The Morgan fingerprint density at radius 1 is 1.21 bits per heavy atom. The van der Waals surface area contributed by atoms with Crippen LogP contribution in [0.1, 0.15) is 27.5 Å². The second-order valence-corrected chi connectivity index (χ2v) is 4.06. The van der Waals surface area contributed by atoms with Crippen molar-refractivity contribution in [2.75, 3.05) is 12.8 Å². The average molecular weight is 281 g/mol. The molecule has 0 fully saturated rings. The maximum absolute atomic E-state index is 10.1. The number of anilines is 1. The third-order valence-corrected chi connectivity index (χ3v) is 2.51. The molecule has 19 heavy (non-hydrogen) atoms.